The minimum Gasteiger partial charge on any atom is -0.484 e. The van der Waals surface area contributed by atoms with Gasteiger partial charge in [-0.1, -0.05) is 36.8 Å². The molecule has 1 saturated heterocycles. The van der Waals surface area contributed by atoms with Crippen molar-refractivity contribution in [1.82, 2.24) is 16.0 Å². The molecule has 10 heteroatoms. The maximum absolute atomic E-state index is 12.8. The molecule has 0 spiro atoms. The number of amides is 2. The Balaban J connectivity index is 1.59. The quantitative estimate of drug-likeness (QED) is 0.447. The minimum atomic E-state index is -4.51. The van der Waals surface area contributed by atoms with Crippen LogP contribution < -0.4 is 25.4 Å². The fourth-order valence-electron chi connectivity index (χ4n) is 3.66. The lowest BCUT2D eigenvalue weighted by atomic mass is 10.0. The zero-order valence-electron chi connectivity index (χ0n) is 19.3. The Labute approximate surface area is 202 Å². The van der Waals surface area contributed by atoms with Crippen LogP contribution in [-0.2, 0) is 11.2 Å². The molecule has 2 aromatic carbocycles. The largest absolute Gasteiger partial charge is 0.484 e. The Morgan fingerprint density at radius 2 is 1.83 bits per heavy atom. The summed E-state index contributed by atoms with van der Waals surface area (Å²) in [7, 11) is 0. The molecule has 0 aliphatic carbocycles. The standard InChI is InChI=1S/C25H30F3N3O4/c26-25(27,28)17-35-20-9-10-22(21(14-20)24(33)31-15-19-8-4-5-12-29-19)34-16-23(32)30-13-11-18-6-2-1-3-7-18/h1-3,6-7,9-10,14,19,29H,4-5,8,11-13,15-17H2,(H,30,32)(H,31,33). The van der Waals surface area contributed by atoms with E-state index in [-0.39, 0.29) is 35.6 Å². The van der Waals surface area contributed by atoms with Gasteiger partial charge in [-0.05, 0) is 49.6 Å². The summed E-state index contributed by atoms with van der Waals surface area (Å²) in [4.78, 5) is 25.0. The summed E-state index contributed by atoms with van der Waals surface area (Å²) < 4.78 is 48.0. The highest BCUT2D eigenvalue weighted by molar-refractivity contribution is 5.97. The number of halogens is 3. The third kappa shape index (κ3) is 9.48. The van der Waals surface area contributed by atoms with Gasteiger partial charge in [0.15, 0.2) is 13.2 Å². The van der Waals surface area contributed by atoms with E-state index in [0.717, 1.165) is 31.4 Å². The molecule has 1 unspecified atom stereocenters. The molecular weight excluding hydrogens is 463 g/mol. The van der Waals surface area contributed by atoms with Crippen LogP contribution in [0.1, 0.15) is 35.2 Å². The summed E-state index contributed by atoms with van der Waals surface area (Å²) in [5.41, 5.74) is 1.08. The number of hydrogen-bond acceptors (Lipinski definition) is 5. The lowest BCUT2D eigenvalue weighted by Gasteiger charge is -2.23. The van der Waals surface area contributed by atoms with E-state index in [0.29, 0.717) is 19.5 Å². The molecule has 0 radical (unpaired) electrons. The molecule has 1 atom stereocenters. The van der Waals surface area contributed by atoms with Gasteiger partial charge in [0.2, 0.25) is 0 Å². The topological polar surface area (TPSA) is 88.7 Å². The molecule has 7 nitrogen and oxygen atoms in total. The molecule has 1 aliphatic heterocycles. The van der Waals surface area contributed by atoms with Crippen LogP contribution in [0.25, 0.3) is 0 Å². The van der Waals surface area contributed by atoms with Gasteiger partial charge < -0.3 is 25.4 Å². The molecule has 3 N–H and O–H groups in total. The first-order chi connectivity index (χ1) is 16.8. The number of carbonyl (C=O) groups is 2. The number of nitrogens with one attached hydrogen (secondary N) is 3. The molecular formula is C25H30F3N3O4. The van der Waals surface area contributed by atoms with Crippen molar-refractivity contribution in [3.05, 3.63) is 59.7 Å². The summed E-state index contributed by atoms with van der Waals surface area (Å²) in [6, 6.07) is 13.6. The van der Waals surface area contributed by atoms with Gasteiger partial charge in [-0.15, -0.1) is 0 Å². The molecule has 2 aromatic rings. The van der Waals surface area contributed by atoms with Crippen molar-refractivity contribution in [3.8, 4) is 11.5 Å². The molecule has 0 aromatic heterocycles. The summed E-state index contributed by atoms with van der Waals surface area (Å²) in [6.45, 7) is -0.175. The average molecular weight is 494 g/mol. The predicted octanol–water partition coefficient (Wildman–Crippen LogP) is 3.24. The van der Waals surface area contributed by atoms with E-state index >= 15 is 0 Å². The highest BCUT2D eigenvalue weighted by Gasteiger charge is 2.29. The van der Waals surface area contributed by atoms with Crippen molar-refractivity contribution in [2.75, 3.05) is 32.8 Å². The summed E-state index contributed by atoms with van der Waals surface area (Å²) >= 11 is 0. The van der Waals surface area contributed by atoms with Gasteiger partial charge in [0.25, 0.3) is 11.8 Å². The van der Waals surface area contributed by atoms with Crippen LogP contribution in [0.15, 0.2) is 48.5 Å². The molecule has 0 saturated carbocycles. The van der Waals surface area contributed by atoms with E-state index in [1.54, 1.807) is 0 Å². The number of piperidine rings is 1. The van der Waals surface area contributed by atoms with Crippen molar-refractivity contribution in [3.63, 3.8) is 0 Å². The second-order valence-electron chi connectivity index (χ2n) is 8.29. The Bertz CT molecular complexity index is 964. The van der Waals surface area contributed by atoms with Crippen LogP contribution in [-0.4, -0.2) is 56.9 Å². The lowest BCUT2D eigenvalue weighted by Crippen LogP contribution is -2.43. The van der Waals surface area contributed by atoms with Gasteiger partial charge in [0.05, 0.1) is 5.56 Å². The predicted molar refractivity (Wildman–Crippen MR) is 125 cm³/mol. The van der Waals surface area contributed by atoms with Crippen LogP contribution in [0.5, 0.6) is 11.5 Å². The number of alkyl halides is 3. The average Bonchev–Trinajstić information content (AvgIpc) is 2.86. The Kier molecular flexibility index (Phi) is 9.77. The van der Waals surface area contributed by atoms with E-state index in [9.17, 15) is 22.8 Å². The molecule has 190 valence electrons. The van der Waals surface area contributed by atoms with Crippen molar-refractivity contribution >= 4 is 11.8 Å². The molecule has 0 bridgehead atoms. The summed E-state index contributed by atoms with van der Waals surface area (Å²) in [6.07, 6.45) is -0.805. The second-order valence-corrected chi connectivity index (χ2v) is 8.29. The second kappa shape index (κ2) is 13.0. The third-order valence-corrected chi connectivity index (χ3v) is 5.46. The molecule has 1 fully saturated rings. The normalized spacial score (nSPS) is 15.8. The van der Waals surface area contributed by atoms with Crippen LogP contribution in [0.3, 0.4) is 0 Å². The third-order valence-electron chi connectivity index (χ3n) is 5.46. The van der Waals surface area contributed by atoms with E-state index in [4.69, 9.17) is 9.47 Å². The molecule has 2 amide bonds. The van der Waals surface area contributed by atoms with Crippen molar-refractivity contribution in [2.24, 2.45) is 0 Å². The maximum atomic E-state index is 12.8. The van der Waals surface area contributed by atoms with Crippen LogP contribution >= 0.6 is 0 Å². The van der Waals surface area contributed by atoms with Crippen LogP contribution in [0, 0.1) is 0 Å². The highest BCUT2D eigenvalue weighted by atomic mass is 19.4. The zero-order chi connectivity index (χ0) is 25.1. The van der Waals surface area contributed by atoms with E-state index in [2.05, 4.69) is 16.0 Å². The van der Waals surface area contributed by atoms with E-state index in [1.165, 1.54) is 18.2 Å². The van der Waals surface area contributed by atoms with Gasteiger partial charge in [0, 0.05) is 19.1 Å². The van der Waals surface area contributed by atoms with Crippen LogP contribution in [0.2, 0.25) is 0 Å². The molecule has 1 aliphatic rings. The smallest absolute Gasteiger partial charge is 0.422 e. The van der Waals surface area contributed by atoms with Gasteiger partial charge in [-0.3, -0.25) is 9.59 Å². The van der Waals surface area contributed by atoms with E-state index < -0.39 is 18.7 Å². The minimum absolute atomic E-state index is 0.00225. The summed E-state index contributed by atoms with van der Waals surface area (Å²) in [5, 5.41) is 8.84. The van der Waals surface area contributed by atoms with Gasteiger partial charge in [0.1, 0.15) is 11.5 Å². The fourth-order valence-corrected chi connectivity index (χ4v) is 3.66. The molecule has 3 rings (SSSR count). The van der Waals surface area contributed by atoms with Gasteiger partial charge in [-0.2, -0.15) is 13.2 Å². The highest BCUT2D eigenvalue weighted by Crippen LogP contribution is 2.26. The lowest BCUT2D eigenvalue weighted by molar-refractivity contribution is -0.153. The Hall–Kier alpha value is -3.27. The van der Waals surface area contributed by atoms with Crippen molar-refractivity contribution < 1.29 is 32.2 Å². The maximum Gasteiger partial charge on any atom is 0.422 e. The summed E-state index contributed by atoms with van der Waals surface area (Å²) in [5.74, 6) is -0.940. The number of rotatable bonds is 11. The van der Waals surface area contributed by atoms with Crippen molar-refractivity contribution in [2.45, 2.75) is 37.9 Å². The van der Waals surface area contributed by atoms with E-state index in [1.807, 2.05) is 30.3 Å². The van der Waals surface area contributed by atoms with Crippen molar-refractivity contribution in [1.29, 1.82) is 0 Å². The Morgan fingerprint density at radius 3 is 2.54 bits per heavy atom. The van der Waals surface area contributed by atoms with Gasteiger partial charge in [-0.25, -0.2) is 0 Å². The molecule has 1 heterocycles. The number of benzene rings is 2. The monoisotopic (exact) mass is 493 g/mol. The SMILES string of the molecule is O=C(COc1ccc(OCC(F)(F)F)cc1C(=O)NCC1CCCCN1)NCCc1ccccc1. The first-order valence-electron chi connectivity index (χ1n) is 11.6. The number of ether oxygens (including phenoxy) is 2. The van der Waals surface area contributed by atoms with Crippen LogP contribution in [0.4, 0.5) is 13.2 Å². The first kappa shape index (κ1) is 26.3. The number of carbonyl (C=O) groups excluding carboxylic acids is 2. The fraction of sp³-hybridized carbons (Fsp3) is 0.440. The van der Waals surface area contributed by atoms with Gasteiger partial charge >= 0.3 is 6.18 Å². The zero-order valence-corrected chi connectivity index (χ0v) is 19.3. The number of hydrogen-bond donors (Lipinski definition) is 3. The molecule has 35 heavy (non-hydrogen) atoms. The Morgan fingerprint density at radius 1 is 1.03 bits per heavy atom. The first-order valence-corrected chi connectivity index (χ1v) is 11.6.